The van der Waals surface area contributed by atoms with Gasteiger partial charge in [-0.2, -0.15) is 10.1 Å². The lowest BCUT2D eigenvalue weighted by molar-refractivity contribution is -0.114. The van der Waals surface area contributed by atoms with Crippen molar-refractivity contribution in [1.82, 2.24) is 0 Å². The fraction of sp³-hybridized carbons (Fsp3) is 0.0588. The van der Waals surface area contributed by atoms with Crippen LogP contribution in [0.15, 0.2) is 76.0 Å². The smallest absolute Gasteiger partial charge is 0.280 e. The Morgan fingerprint density at radius 1 is 1.14 bits per heavy atom. The molecular weight excluding hydrogens is 264 g/mol. The molecule has 0 spiro atoms. The molecule has 3 rings (SSSR count). The van der Waals surface area contributed by atoms with Crippen molar-refractivity contribution in [3.63, 3.8) is 0 Å². The largest absolute Gasteiger partial charge is 0.465 e. The van der Waals surface area contributed by atoms with E-state index in [-0.39, 0.29) is 5.91 Å². The van der Waals surface area contributed by atoms with Crippen molar-refractivity contribution in [3.8, 4) is 0 Å². The number of hydrogen-bond acceptors (Lipinski definition) is 3. The third-order valence-electron chi connectivity index (χ3n) is 3.13. The van der Waals surface area contributed by atoms with Crippen molar-refractivity contribution in [1.29, 1.82) is 0 Å². The van der Waals surface area contributed by atoms with Gasteiger partial charge in [0.25, 0.3) is 5.91 Å². The highest BCUT2D eigenvalue weighted by Crippen LogP contribution is 2.23. The molecule has 0 bridgehead atoms. The first-order chi connectivity index (χ1) is 10.3. The topological polar surface area (TPSA) is 45.8 Å². The van der Waals surface area contributed by atoms with Gasteiger partial charge < -0.3 is 4.42 Å². The summed E-state index contributed by atoms with van der Waals surface area (Å²) < 4.78 is 5.20. The number of allylic oxidation sites excluding steroid dienone is 2. The molecule has 4 nitrogen and oxygen atoms in total. The Morgan fingerprint density at radius 2 is 1.95 bits per heavy atom. The highest BCUT2D eigenvalue weighted by molar-refractivity contribution is 6.29. The molecule has 104 valence electrons. The summed E-state index contributed by atoms with van der Waals surface area (Å²) in [5.74, 6) is 0.620. The number of nitrogens with zero attached hydrogens (tertiary/aromatic N) is 2. The summed E-state index contributed by atoms with van der Waals surface area (Å²) in [5, 5.41) is 5.73. The number of para-hydroxylation sites is 1. The molecule has 2 aromatic rings. The zero-order valence-electron chi connectivity index (χ0n) is 11.6. The van der Waals surface area contributed by atoms with Gasteiger partial charge in [-0.1, -0.05) is 24.3 Å². The lowest BCUT2D eigenvalue weighted by atomic mass is 10.1. The van der Waals surface area contributed by atoms with E-state index in [1.807, 2.05) is 49.4 Å². The summed E-state index contributed by atoms with van der Waals surface area (Å²) in [5.41, 5.74) is 2.05. The molecule has 0 N–H and O–H groups in total. The molecule has 0 unspecified atom stereocenters. The summed E-state index contributed by atoms with van der Waals surface area (Å²) in [6.07, 6.45) is 6.96. The third-order valence-corrected chi connectivity index (χ3v) is 3.13. The Balaban J connectivity index is 1.82. The first kappa shape index (κ1) is 13.1. The molecule has 1 amide bonds. The van der Waals surface area contributed by atoms with Crippen LogP contribution in [0.25, 0.3) is 6.08 Å². The number of benzene rings is 1. The van der Waals surface area contributed by atoms with Crippen molar-refractivity contribution >= 4 is 23.4 Å². The van der Waals surface area contributed by atoms with Gasteiger partial charge in [0.2, 0.25) is 0 Å². The minimum atomic E-state index is -0.122. The maximum absolute atomic E-state index is 12.4. The van der Waals surface area contributed by atoms with E-state index in [0.29, 0.717) is 11.3 Å². The average Bonchev–Trinajstić information content (AvgIpc) is 3.11. The molecule has 0 radical (unpaired) electrons. The normalized spacial score (nSPS) is 17.0. The van der Waals surface area contributed by atoms with E-state index in [4.69, 9.17) is 4.42 Å². The molecule has 1 aliphatic heterocycles. The zero-order valence-corrected chi connectivity index (χ0v) is 11.6. The van der Waals surface area contributed by atoms with Gasteiger partial charge in [-0.25, -0.2) is 0 Å². The molecular formula is C17H14N2O2. The maximum Gasteiger partial charge on any atom is 0.280 e. The highest BCUT2D eigenvalue weighted by Gasteiger charge is 2.27. The number of hydrazone groups is 1. The van der Waals surface area contributed by atoms with Gasteiger partial charge in [0.1, 0.15) is 5.76 Å². The van der Waals surface area contributed by atoms with Crippen LogP contribution in [0.2, 0.25) is 0 Å². The second kappa shape index (κ2) is 5.63. The van der Waals surface area contributed by atoms with Crippen LogP contribution in [-0.4, -0.2) is 11.6 Å². The molecule has 21 heavy (non-hydrogen) atoms. The van der Waals surface area contributed by atoms with Crippen LogP contribution in [-0.2, 0) is 4.79 Å². The highest BCUT2D eigenvalue weighted by atomic mass is 16.3. The SMILES string of the molecule is CC1=NN(c2ccccc2)C(=O)/C1=C\C=C\c1ccco1. The van der Waals surface area contributed by atoms with Crippen molar-refractivity contribution < 1.29 is 9.21 Å². The summed E-state index contributed by atoms with van der Waals surface area (Å²) in [7, 11) is 0. The lowest BCUT2D eigenvalue weighted by Gasteiger charge is -2.10. The molecule has 0 atom stereocenters. The minimum absolute atomic E-state index is 0.122. The second-order valence-electron chi connectivity index (χ2n) is 4.59. The molecule has 0 fully saturated rings. The molecule has 2 heterocycles. The number of furan rings is 1. The van der Waals surface area contributed by atoms with Crippen LogP contribution in [0.1, 0.15) is 12.7 Å². The van der Waals surface area contributed by atoms with E-state index in [0.717, 1.165) is 11.4 Å². The van der Waals surface area contributed by atoms with Gasteiger partial charge in [0.05, 0.1) is 23.2 Å². The Morgan fingerprint density at radius 3 is 2.67 bits per heavy atom. The standard InChI is InChI=1S/C17H14N2O2/c1-13-16(11-5-9-15-10-6-12-21-15)17(20)19(18-13)14-7-3-2-4-8-14/h2-12H,1H3/b9-5+,16-11-. The Bertz CT molecular complexity index is 725. The van der Waals surface area contributed by atoms with E-state index >= 15 is 0 Å². The second-order valence-corrected chi connectivity index (χ2v) is 4.59. The van der Waals surface area contributed by atoms with Gasteiger partial charge in [-0.05, 0) is 43.3 Å². The van der Waals surface area contributed by atoms with Crippen molar-refractivity contribution in [2.75, 3.05) is 5.01 Å². The average molecular weight is 278 g/mol. The summed E-state index contributed by atoms with van der Waals surface area (Å²) in [6.45, 7) is 1.83. The van der Waals surface area contributed by atoms with E-state index in [1.165, 1.54) is 5.01 Å². The van der Waals surface area contributed by atoms with Crippen molar-refractivity contribution in [3.05, 3.63) is 72.2 Å². The van der Waals surface area contributed by atoms with E-state index < -0.39 is 0 Å². The Hall–Kier alpha value is -2.88. The predicted molar refractivity (Wildman–Crippen MR) is 82.9 cm³/mol. The molecule has 4 heteroatoms. The molecule has 1 aliphatic rings. The zero-order chi connectivity index (χ0) is 14.7. The monoisotopic (exact) mass is 278 g/mol. The fourth-order valence-corrected chi connectivity index (χ4v) is 2.08. The molecule has 0 aliphatic carbocycles. The van der Waals surface area contributed by atoms with Gasteiger partial charge in [-0.3, -0.25) is 4.79 Å². The number of anilines is 1. The van der Waals surface area contributed by atoms with Gasteiger partial charge in [-0.15, -0.1) is 0 Å². The number of carbonyl (C=O) groups excluding carboxylic acids is 1. The summed E-state index contributed by atoms with van der Waals surface area (Å²) >= 11 is 0. The molecule has 1 aromatic carbocycles. The van der Waals surface area contributed by atoms with Crippen LogP contribution >= 0.6 is 0 Å². The van der Waals surface area contributed by atoms with Crippen LogP contribution in [0.5, 0.6) is 0 Å². The maximum atomic E-state index is 12.4. The summed E-state index contributed by atoms with van der Waals surface area (Å²) in [6, 6.07) is 13.0. The Kier molecular flexibility index (Phi) is 3.51. The molecule has 0 saturated heterocycles. The van der Waals surface area contributed by atoms with Gasteiger partial charge >= 0.3 is 0 Å². The van der Waals surface area contributed by atoms with Crippen LogP contribution in [0.3, 0.4) is 0 Å². The number of hydrogen-bond donors (Lipinski definition) is 0. The number of amides is 1. The van der Waals surface area contributed by atoms with Gasteiger partial charge in [0.15, 0.2) is 0 Å². The quantitative estimate of drug-likeness (QED) is 0.805. The first-order valence-electron chi connectivity index (χ1n) is 6.62. The van der Waals surface area contributed by atoms with E-state index in [9.17, 15) is 4.79 Å². The number of carbonyl (C=O) groups is 1. The Labute approximate surface area is 122 Å². The van der Waals surface area contributed by atoms with E-state index in [2.05, 4.69) is 5.10 Å². The third kappa shape index (κ3) is 2.69. The lowest BCUT2D eigenvalue weighted by Crippen LogP contribution is -2.21. The summed E-state index contributed by atoms with van der Waals surface area (Å²) in [4.78, 5) is 12.4. The van der Waals surface area contributed by atoms with Crippen LogP contribution < -0.4 is 5.01 Å². The predicted octanol–water partition coefficient (Wildman–Crippen LogP) is 3.64. The van der Waals surface area contributed by atoms with Crippen LogP contribution in [0.4, 0.5) is 5.69 Å². The van der Waals surface area contributed by atoms with Crippen LogP contribution in [0, 0.1) is 0 Å². The fourth-order valence-electron chi connectivity index (χ4n) is 2.08. The van der Waals surface area contributed by atoms with Crippen molar-refractivity contribution in [2.24, 2.45) is 5.10 Å². The van der Waals surface area contributed by atoms with E-state index in [1.54, 1.807) is 24.5 Å². The molecule has 1 aromatic heterocycles. The number of rotatable bonds is 3. The minimum Gasteiger partial charge on any atom is -0.465 e. The first-order valence-corrected chi connectivity index (χ1v) is 6.62. The van der Waals surface area contributed by atoms with Gasteiger partial charge in [0, 0.05) is 0 Å². The molecule has 0 saturated carbocycles. The van der Waals surface area contributed by atoms with Crippen molar-refractivity contribution in [2.45, 2.75) is 6.92 Å².